The summed E-state index contributed by atoms with van der Waals surface area (Å²) in [5.41, 5.74) is 0.934. The molecule has 0 saturated heterocycles. The van der Waals surface area contributed by atoms with Crippen LogP contribution in [0, 0.1) is 10.7 Å². The molecule has 0 radical (unpaired) electrons. The molecule has 0 amide bonds. The predicted octanol–water partition coefficient (Wildman–Crippen LogP) is 2.99. The molecule has 2 rings (SSSR count). The van der Waals surface area contributed by atoms with Gasteiger partial charge in [-0.25, -0.2) is 4.83 Å². The summed E-state index contributed by atoms with van der Waals surface area (Å²) in [5.74, 6) is 0. The summed E-state index contributed by atoms with van der Waals surface area (Å²) >= 11 is 1.13. The molecule has 110 valence electrons. The molecule has 0 spiro atoms. The fraction of sp³-hybridized carbons (Fsp3) is 0.286. The lowest BCUT2D eigenvalue weighted by Crippen LogP contribution is -2.18. The van der Waals surface area contributed by atoms with Crippen molar-refractivity contribution < 1.29 is 8.42 Å². The number of allylic oxidation sites excluding steroid dienone is 2. The number of benzene rings is 1. The first-order valence-corrected chi connectivity index (χ1v) is 8.81. The SMILES string of the molecule is N#CSC1=C(C=NNS(=O)(=O)c2ccccc2)CCCC1. The number of hydrazone groups is 1. The fourth-order valence-corrected chi connectivity index (χ4v) is 3.49. The zero-order valence-electron chi connectivity index (χ0n) is 11.3. The molecule has 1 aliphatic carbocycles. The number of nitrogens with one attached hydrogen (secondary N) is 1. The molecule has 0 heterocycles. The Morgan fingerprint density at radius 3 is 2.67 bits per heavy atom. The van der Waals surface area contributed by atoms with Crippen LogP contribution < -0.4 is 4.83 Å². The Hall–Kier alpha value is -1.78. The summed E-state index contributed by atoms with van der Waals surface area (Å²) < 4.78 is 24.0. The third kappa shape index (κ3) is 4.34. The lowest BCUT2D eigenvalue weighted by molar-refractivity contribution is 0.584. The molecule has 1 aromatic carbocycles. The highest BCUT2D eigenvalue weighted by molar-refractivity contribution is 8.07. The van der Waals surface area contributed by atoms with Gasteiger partial charge in [0.05, 0.1) is 11.1 Å². The van der Waals surface area contributed by atoms with E-state index in [1.807, 2.05) is 0 Å². The van der Waals surface area contributed by atoms with Gasteiger partial charge in [0.25, 0.3) is 10.0 Å². The van der Waals surface area contributed by atoms with Crippen LogP contribution in [0.5, 0.6) is 0 Å². The van der Waals surface area contributed by atoms with Gasteiger partial charge >= 0.3 is 0 Å². The van der Waals surface area contributed by atoms with Gasteiger partial charge in [0.1, 0.15) is 5.40 Å². The van der Waals surface area contributed by atoms with Gasteiger partial charge in [-0.05, 0) is 55.2 Å². The van der Waals surface area contributed by atoms with Crippen molar-refractivity contribution in [3.8, 4) is 5.40 Å². The van der Waals surface area contributed by atoms with Crippen LogP contribution in [0.25, 0.3) is 0 Å². The van der Waals surface area contributed by atoms with Gasteiger partial charge in [-0.1, -0.05) is 18.2 Å². The second kappa shape index (κ2) is 7.29. The number of rotatable bonds is 5. The van der Waals surface area contributed by atoms with Crippen LogP contribution >= 0.6 is 11.8 Å². The van der Waals surface area contributed by atoms with Gasteiger partial charge < -0.3 is 0 Å². The minimum absolute atomic E-state index is 0.173. The van der Waals surface area contributed by atoms with Crippen molar-refractivity contribution in [1.29, 1.82) is 5.26 Å². The molecule has 0 aromatic heterocycles. The van der Waals surface area contributed by atoms with Crippen LogP contribution in [0.4, 0.5) is 0 Å². The predicted molar refractivity (Wildman–Crippen MR) is 84.0 cm³/mol. The van der Waals surface area contributed by atoms with Gasteiger partial charge in [-0.2, -0.15) is 18.8 Å². The van der Waals surface area contributed by atoms with Crippen molar-refractivity contribution in [3.05, 3.63) is 40.8 Å². The third-order valence-corrected chi connectivity index (χ3v) is 5.12. The average Bonchev–Trinajstić information content (AvgIpc) is 2.50. The van der Waals surface area contributed by atoms with Gasteiger partial charge in [0.2, 0.25) is 0 Å². The molecule has 1 aliphatic rings. The lowest BCUT2D eigenvalue weighted by Gasteiger charge is -2.14. The highest BCUT2D eigenvalue weighted by atomic mass is 32.2. The number of nitriles is 1. The van der Waals surface area contributed by atoms with E-state index in [1.54, 1.807) is 18.2 Å². The monoisotopic (exact) mass is 321 g/mol. The summed E-state index contributed by atoms with van der Waals surface area (Å²) in [4.78, 5) is 3.35. The van der Waals surface area contributed by atoms with E-state index in [2.05, 4.69) is 15.3 Å². The Labute approximate surface area is 128 Å². The lowest BCUT2D eigenvalue weighted by atomic mass is 10.0. The molecule has 7 heteroatoms. The van der Waals surface area contributed by atoms with E-state index >= 15 is 0 Å². The van der Waals surface area contributed by atoms with E-state index in [4.69, 9.17) is 5.26 Å². The molecule has 0 saturated carbocycles. The number of thiocyanates is 1. The molecule has 1 N–H and O–H groups in total. The van der Waals surface area contributed by atoms with Gasteiger partial charge in [-0.3, -0.25) is 0 Å². The van der Waals surface area contributed by atoms with Crippen LogP contribution in [0.1, 0.15) is 25.7 Å². The molecule has 5 nitrogen and oxygen atoms in total. The van der Waals surface area contributed by atoms with Crippen molar-refractivity contribution >= 4 is 28.0 Å². The molecule has 21 heavy (non-hydrogen) atoms. The van der Waals surface area contributed by atoms with Gasteiger partial charge in [-0.15, -0.1) is 0 Å². The molecular weight excluding hydrogens is 306 g/mol. The third-order valence-electron chi connectivity index (χ3n) is 3.07. The zero-order valence-corrected chi connectivity index (χ0v) is 13.0. The Balaban J connectivity index is 2.10. The number of hydrogen-bond acceptors (Lipinski definition) is 5. The molecule has 0 fully saturated rings. The number of thioether (sulfide) groups is 1. The maximum atomic E-state index is 12.0. The van der Waals surface area contributed by atoms with Crippen LogP contribution in [0.2, 0.25) is 0 Å². The van der Waals surface area contributed by atoms with Crippen molar-refractivity contribution in [2.24, 2.45) is 5.10 Å². The summed E-state index contributed by atoms with van der Waals surface area (Å²) in [5, 5.41) is 14.7. The van der Waals surface area contributed by atoms with Crippen molar-refractivity contribution in [2.75, 3.05) is 0 Å². The number of sulfonamides is 1. The topological polar surface area (TPSA) is 82.3 Å². The maximum absolute atomic E-state index is 12.0. The molecule has 0 bridgehead atoms. The minimum Gasteiger partial charge on any atom is -0.200 e. The first-order valence-electron chi connectivity index (χ1n) is 6.51. The Bertz CT molecular complexity index is 689. The van der Waals surface area contributed by atoms with Gasteiger partial charge in [0.15, 0.2) is 0 Å². The van der Waals surface area contributed by atoms with Gasteiger partial charge in [0, 0.05) is 4.91 Å². The smallest absolute Gasteiger partial charge is 0.200 e. The second-order valence-electron chi connectivity index (χ2n) is 4.51. The Morgan fingerprint density at radius 2 is 1.95 bits per heavy atom. The van der Waals surface area contributed by atoms with Crippen LogP contribution in [-0.4, -0.2) is 14.6 Å². The largest absolute Gasteiger partial charge is 0.276 e. The highest BCUT2D eigenvalue weighted by Gasteiger charge is 2.13. The first-order chi connectivity index (χ1) is 10.1. The molecule has 0 unspecified atom stereocenters. The molecule has 1 aromatic rings. The van der Waals surface area contributed by atoms with Crippen LogP contribution in [0.3, 0.4) is 0 Å². The van der Waals surface area contributed by atoms with E-state index < -0.39 is 10.0 Å². The van der Waals surface area contributed by atoms with Crippen LogP contribution in [0.15, 0.2) is 50.8 Å². The standard InChI is InChI=1S/C14H15N3O2S2/c15-11-20-14-9-5-4-6-12(14)10-16-17-21(18,19)13-7-2-1-3-8-13/h1-3,7-8,10,17H,4-6,9H2. The normalized spacial score (nSPS) is 16.0. The molecule has 0 atom stereocenters. The maximum Gasteiger partial charge on any atom is 0.276 e. The number of nitrogens with zero attached hydrogens (tertiary/aromatic N) is 2. The summed E-state index contributed by atoms with van der Waals surface area (Å²) in [6, 6.07) is 8.08. The molecular formula is C14H15N3O2S2. The quantitative estimate of drug-likeness (QED) is 0.513. The van der Waals surface area contributed by atoms with E-state index in [9.17, 15) is 8.42 Å². The van der Waals surface area contributed by atoms with Crippen molar-refractivity contribution in [2.45, 2.75) is 30.6 Å². The minimum atomic E-state index is -3.63. The summed E-state index contributed by atoms with van der Waals surface area (Å²) in [7, 11) is -3.63. The Morgan fingerprint density at radius 1 is 1.24 bits per heavy atom. The zero-order chi connectivity index (χ0) is 15.1. The number of hydrogen-bond donors (Lipinski definition) is 1. The first kappa shape index (κ1) is 15.6. The summed E-state index contributed by atoms with van der Waals surface area (Å²) in [6.07, 6.45) is 5.27. The molecule has 0 aliphatic heterocycles. The van der Waals surface area contributed by atoms with Crippen LogP contribution in [-0.2, 0) is 10.0 Å². The van der Waals surface area contributed by atoms with E-state index in [0.717, 1.165) is 47.9 Å². The van der Waals surface area contributed by atoms with E-state index in [1.165, 1.54) is 18.3 Å². The van der Waals surface area contributed by atoms with Crippen molar-refractivity contribution in [3.63, 3.8) is 0 Å². The fourth-order valence-electron chi connectivity index (χ4n) is 2.04. The van der Waals surface area contributed by atoms with E-state index in [-0.39, 0.29) is 4.90 Å². The highest BCUT2D eigenvalue weighted by Crippen LogP contribution is 2.31. The summed E-state index contributed by atoms with van der Waals surface area (Å²) in [6.45, 7) is 0. The second-order valence-corrected chi connectivity index (χ2v) is 7.06. The average molecular weight is 321 g/mol. The Kier molecular flexibility index (Phi) is 5.42. The van der Waals surface area contributed by atoms with Crippen molar-refractivity contribution in [1.82, 2.24) is 4.83 Å². The van der Waals surface area contributed by atoms with E-state index in [0.29, 0.717) is 0 Å².